The Kier molecular flexibility index (Phi) is 6.78. The minimum atomic E-state index is 0.639. The largest absolute Gasteiger partial charge is 0.303 e. The highest BCUT2D eigenvalue weighted by Gasteiger charge is 1.59. The molecule has 0 saturated carbocycles. The van der Waals surface area contributed by atoms with Gasteiger partial charge in [0.2, 0.25) is 0 Å². The van der Waals surface area contributed by atoms with E-state index < -0.39 is 0 Å². The molecule has 0 amide bonds. The van der Waals surface area contributed by atoms with Crippen molar-refractivity contribution in [2.45, 2.75) is 13.3 Å². The Morgan fingerprint density at radius 1 is 1.40 bits per heavy atom. The van der Waals surface area contributed by atoms with E-state index in [2.05, 4.69) is 9.97 Å². The van der Waals surface area contributed by atoms with Crippen molar-refractivity contribution in [3.8, 4) is 0 Å². The Morgan fingerprint density at radius 2 is 1.90 bits per heavy atom. The average molecular weight is 138 g/mol. The van der Waals surface area contributed by atoms with Gasteiger partial charge in [0.25, 0.3) is 0 Å². The fraction of sp³-hybridized carbons (Fsp3) is 0.286. The van der Waals surface area contributed by atoms with Crippen molar-refractivity contribution in [1.29, 1.82) is 0 Å². The molecule has 0 aliphatic heterocycles. The highest BCUT2D eigenvalue weighted by Crippen LogP contribution is 1.66. The van der Waals surface area contributed by atoms with E-state index in [9.17, 15) is 4.79 Å². The Bertz CT molecular complexity index is 126. The van der Waals surface area contributed by atoms with Gasteiger partial charge in [-0.05, 0) is 6.07 Å². The molecule has 1 aromatic rings. The fourth-order valence-electron chi connectivity index (χ4n) is 0.253. The summed E-state index contributed by atoms with van der Waals surface area (Å²) < 4.78 is 0. The third kappa shape index (κ3) is 6.75. The summed E-state index contributed by atoms with van der Waals surface area (Å²) in [7, 11) is 0. The highest BCUT2D eigenvalue weighted by molar-refractivity contribution is 5.48. The summed E-state index contributed by atoms with van der Waals surface area (Å²) >= 11 is 0. The molecule has 0 N–H and O–H groups in total. The molecule has 3 heteroatoms. The van der Waals surface area contributed by atoms with E-state index in [-0.39, 0.29) is 0 Å². The van der Waals surface area contributed by atoms with Crippen LogP contribution in [0.15, 0.2) is 24.8 Å². The van der Waals surface area contributed by atoms with E-state index in [1.807, 2.05) is 6.92 Å². The first-order chi connectivity index (χ1) is 4.91. The Morgan fingerprint density at radius 3 is 2.00 bits per heavy atom. The smallest absolute Gasteiger partial charge is 0.119 e. The van der Waals surface area contributed by atoms with Crippen LogP contribution in [0.2, 0.25) is 0 Å². The first-order valence-corrected chi connectivity index (χ1v) is 3.05. The molecule has 0 fully saturated rings. The van der Waals surface area contributed by atoms with E-state index in [1.54, 1.807) is 18.5 Å². The van der Waals surface area contributed by atoms with Gasteiger partial charge in [0.05, 0.1) is 0 Å². The van der Waals surface area contributed by atoms with Crippen molar-refractivity contribution >= 4 is 6.29 Å². The highest BCUT2D eigenvalue weighted by atomic mass is 16.1. The van der Waals surface area contributed by atoms with E-state index >= 15 is 0 Å². The molecule has 1 rings (SSSR count). The second-order valence-electron chi connectivity index (χ2n) is 1.48. The molecule has 0 spiro atoms. The number of nitrogens with zero attached hydrogens (tertiary/aromatic N) is 2. The molecule has 10 heavy (non-hydrogen) atoms. The molecular weight excluding hydrogens is 128 g/mol. The normalized spacial score (nSPS) is 7.30. The van der Waals surface area contributed by atoms with Crippen molar-refractivity contribution in [2.24, 2.45) is 0 Å². The molecule has 0 aromatic carbocycles. The number of carbonyl (C=O) groups excluding carboxylic acids is 1. The molecular formula is C7H10N2O. The molecule has 0 unspecified atom stereocenters. The molecule has 0 aliphatic carbocycles. The van der Waals surface area contributed by atoms with Crippen LogP contribution in [0.5, 0.6) is 0 Å². The number of hydrogen-bond acceptors (Lipinski definition) is 3. The zero-order chi connectivity index (χ0) is 7.66. The van der Waals surface area contributed by atoms with Gasteiger partial charge in [-0.2, -0.15) is 0 Å². The van der Waals surface area contributed by atoms with Crippen LogP contribution < -0.4 is 0 Å². The predicted molar refractivity (Wildman–Crippen MR) is 38.4 cm³/mol. The van der Waals surface area contributed by atoms with Gasteiger partial charge in [0.15, 0.2) is 0 Å². The summed E-state index contributed by atoms with van der Waals surface area (Å²) in [6, 6.07) is 1.78. The number of aromatic nitrogens is 2. The number of aldehydes is 1. The zero-order valence-corrected chi connectivity index (χ0v) is 5.90. The summed E-state index contributed by atoms with van der Waals surface area (Å²) in [5.74, 6) is 0. The van der Waals surface area contributed by atoms with Gasteiger partial charge < -0.3 is 4.79 Å². The maximum Gasteiger partial charge on any atom is 0.119 e. The summed E-state index contributed by atoms with van der Waals surface area (Å²) in [6.07, 6.45) is 6.39. The van der Waals surface area contributed by atoms with Crippen molar-refractivity contribution in [2.75, 3.05) is 0 Å². The van der Waals surface area contributed by atoms with Crippen molar-refractivity contribution in [1.82, 2.24) is 9.97 Å². The molecule has 1 aromatic heterocycles. The van der Waals surface area contributed by atoms with Crippen molar-refractivity contribution in [3.05, 3.63) is 24.8 Å². The lowest BCUT2D eigenvalue weighted by molar-refractivity contribution is -0.107. The molecule has 0 aliphatic rings. The number of rotatable bonds is 1. The number of hydrogen-bond donors (Lipinski definition) is 0. The second-order valence-corrected chi connectivity index (χ2v) is 1.48. The SMILES string of the molecule is CCC=O.c1cncnc1. The van der Waals surface area contributed by atoms with Gasteiger partial charge in [-0.15, -0.1) is 0 Å². The van der Waals surface area contributed by atoms with Crippen molar-refractivity contribution in [3.63, 3.8) is 0 Å². The second kappa shape index (κ2) is 7.75. The fourth-order valence-corrected chi connectivity index (χ4v) is 0.253. The van der Waals surface area contributed by atoms with Crippen LogP contribution in [-0.4, -0.2) is 16.3 Å². The minimum Gasteiger partial charge on any atom is -0.303 e. The lowest BCUT2D eigenvalue weighted by Gasteiger charge is -1.70. The molecule has 0 radical (unpaired) electrons. The molecule has 0 saturated heterocycles. The maximum atomic E-state index is 9.17. The summed E-state index contributed by atoms with van der Waals surface area (Å²) in [6.45, 7) is 1.81. The molecule has 3 nitrogen and oxygen atoms in total. The zero-order valence-electron chi connectivity index (χ0n) is 5.90. The van der Waals surface area contributed by atoms with Gasteiger partial charge in [-0.3, -0.25) is 0 Å². The third-order valence-electron chi connectivity index (χ3n) is 0.644. The molecule has 0 atom stereocenters. The van der Waals surface area contributed by atoms with Gasteiger partial charge in [0.1, 0.15) is 12.6 Å². The van der Waals surface area contributed by atoms with Gasteiger partial charge in [-0.25, -0.2) is 9.97 Å². The van der Waals surface area contributed by atoms with Crippen LogP contribution in [0, 0.1) is 0 Å². The number of carbonyl (C=O) groups is 1. The van der Waals surface area contributed by atoms with Gasteiger partial charge in [-0.1, -0.05) is 6.92 Å². The minimum absolute atomic E-state index is 0.639. The van der Waals surface area contributed by atoms with Gasteiger partial charge in [0, 0.05) is 18.8 Å². The summed E-state index contributed by atoms with van der Waals surface area (Å²) in [4.78, 5) is 16.5. The molecule has 54 valence electrons. The Hall–Kier alpha value is -1.25. The standard InChI is InChI=1S/C4H4N2.C3H6O/c1-2-5-4-6-3-1;1-2-3-4/h1-4H;3H,2H2,1H3. The quantitative estimate of drug-likeness (QED) is 0.545. The van der Waals surface area contributed by atoms with E-state index in [1.165, 1.54) is 6.33 Å². The monoisotopic (exact) mass is 138 g/mol. The third-order valence-corrected chi connectivity index (χ3v) is 0.644. The molecule has 0 bridgehead atoms. The van der Waals surface area contributed by atoms with Crippen LogP contribution in [0.25, 0.3) is 0 Å². The topological polar surface area (TPSA) is 42.9 Å². The first kappa shape index (κ1) is 8.75. The first-order valence-electron chi connectivity index (χ1n) is 3.05. The lowest BCUT2D eigenvalue weighted by atomic mass is 10.6. The van der Waals surface area contributed by atoms with E-state index in [0.717, 1.165) is 6.29 Å². The van der Waals surface area contributed by atoms with Crippen LogP contribution in [0.4, 0.5) is 0 Å². The summed E-state index contributed by atoms with van der Waals surface area (Å²) in [5, 5.41) is 0. The Labute approximate surface area is 60.1 Å². The summed E-state index contributed by atoms with van der Waals surface area (Å²) in [5.41, 5.74) is 0. The maximum absolute atomic E-state index is 9.17. The Balaban J connectivity index is 0.000000180. The van der Waals surface area contributed by atoms with Crippen LogP contribution in [0.1, 0.15) is 13.3 Å². The van der Waals surface area contributed by atoms with Crippen molar-refractivity contribution < 1.29 is 4.79 Å². The van der Waals surface area contributed by atoms with Crippen LogP contribution >= 0.6 is 0 Å². The molecule has 1 heterocycles. The predicted octanol–water partition coefficient (Wildman–Crippen LogP) is 1.07. The van der Waals surface area contributed by atoms with Gasteiger partial charge >= 0.3 is 0 Å². The van der Waals surface area contributed by atoms with Crippen LogP contribution in [-0.2, 0) is 4.79 Å². The van der Waals surface area contributed by atoms with E-state index in [0.29, 0.717) is 6.42 Å². The van der Waals surface area contributed by atoms with E-state index in [4.69, 9.17) is 0 Å². The van der Waals surface area contributed by atoms with Crippen LogP contribution in [0.3, 0.4) is 0 Å². The lowest BCUT2D eigenvalue weighted by Crippen LogP contribution is -1.66. The average Bonchev–Trinajstić information content (AvgIpc) is 2.08.